The molecule has 1 unspecified atom stereocenters. The lowest BCUT2D eigenvalue weighted by Crippen LogP contribution is -2.24. The minimum atomic E-state index is -0.0857. The van der Waals surface area contributed by atoms with E-state index >= 15 is 0 Å². The summed E-state index contributed by atoms with van der Waals surface area (Å²) in [5.74, 6) is -0.0799. The number of hydrogen-bond acceptors (Lipinski definition) is 2. The van der Waals surface area contributed by atoms with Gasteiger partial charge in [-0.25, -0.2) is 5.43 Å². The minimum absolute atomic E-state index is 0.00588. The second-order valence-corrected chi connectivity index (χ2v) is 3.47. The number of carbonyl (C=O) groups is 1. The largest absolute Gasteiger partial charge is 0.272 e. The zero-order valence-corrected chi connectivity index (χ0v) is 8.03. The van der Waals surface area contributed by atoms with Crippen LogP contribution in [0.5, 0.6) is 0 Å². The SMILES string of the molecule is CC1=NNC(=O)C1Cc1ccccc1. The van der Waals surface area contributed by atoms with E-state index in [2.05, 4.69) is 10.5 Å². The molecule has 1 heterocycles. The predicted octanol–water partition coefficient (Wildman–Crippen LogP) is 1.35. The lowest BCUT2D eigenvalue weighted by Gasteiger charge is -2.06. The van der Waals surface area contributed by atoms with Crippen molar-refractivity contribution in [1.82, 2.24) is 5.43 Å². The monoisotopic (exact) mass is 188 g/mol. The first-order valence-electron chi connectivity index (χ1n) is 4.65. The summed E-state index contributed by atoms with van der Waals surface area (Å²) in [7, 11) is 0. The summed E-state index contributed by atoms with van der Waals surface area (Å²) in [6.07, 6.45) is 0.738. The third-order valence-electron chi connectivity index (χ3n) is 2.45. The first-order valence-corrected chi connectivity index (χ1v) is 4.65. The van der Waals surface area contributed by atoms with Crippen molar-refractivity contribution in [2.75, 3.05) is 0 Å². The van der Waals surface area contributed by atoms with Crippen LogP contribution < -0.4 is 5.43 Å². The predicted molar refractivity (Wildman–Crippen MR) is 54.9 cm³/mol. The highest BCUT2D eigenvalue weighted by Crippen LogP contribution is 2.13. The molecule has 14 heavy (non-hydrogen) atoms. The summed E-state index contributed by atoms with van der Waals surface area (Å²) in [4.78, 5) is 11.4. The molecule has 1 aliphatic heterocycles. The molecule has 0 aliphatic carbocycles. The van der Waals surface area contributed by atoms with E-state index in [1.165, 1.54) is 5.56 Å². The van der Waals surface area contributed by atoms with Crippen molar-refractivity contribution in [3.8, 4) is 0 Å². The van der Waals surface area contributed by atoms with Crippen LogP contribution in [0, 0.1) is 5.92 Å². The molecule has 0 saturated carbocycles. The molecule has 3 nitrogen and oxygen atoms in total. The van der Waals surface area contributed by atoms with Crippen LogP contribution >= 0.6 is 0 Å². The van der Waals surface area contributed by atoms with E-state index in [-0.39, 0.29) is 11.8 Å². The molecule has 0 fully saturated rings. The van der Waals surface area contributed by atoms with Gasteiger partial charge in [0.2, 0.25) is 5.91 Å². The van der Waals surface area contributed by atoms with Crippen molar-refractivity contribution in [2.45, 2.75) is 13.3 Å². The molecule has 3 heteroatoms. The molecule has 1 N–H and O–H groups in total. The molecule has 1 aromatic carbocycles. The van der Waals surface area contributed by atoms with Gasteiger partial charge < -0.3 is 0 Å². The van der Waals surface area contributed by atoms with Gasteiger partial charge in [0.25, 0.3) is 0 Å². The average Bonchev–Trinajstić information content (AvgIpc) is 2.51. The Balaban J connectivity index is 2.12. The summed E-state index contributed by atoms with van der Waals surface area (Å²) < 4.78 is 0. The third-order valence-corrected chi connectivity index (χ3v) is 2.45. The number of hydrazone groups is 1. The van der Waals surface area contributed by atoms with Gasteiger partial charge in [-0.2, -0.15) is 5.10 Å². The number of nitrogens with zero attached hydrogens (tertiary/aromatic N) is 1. The van der Waals surface area contributed by atoms with E-state index in [0.717, 1.165) is 12.1 Å². The van der Waals surface area contributed by atoms with E-state index in [4.69, 9.17) is 0 Å². The summed E-state index contributed by atoms with van der Waals surface area (Å²) in [6, 6.07) is 9.99. The fourth-order valence-electron chi connectivity index (χ4n) is 1.58. The molecule has 0 aromatic heterocycles. The first-order chi connectivity index (χ1) is 6.77. The molecule has 1 amide bonds. The maximum Gasteiger partial charge on any atom is 0.249 e. The van der Waals surface area contributed by atoms with Gasteiger partial charge in [-0.1, -0.05) is 30.3 Å². The van der Waals surface area contributed by atoms with Crippen molar-refractivity contribution >= 4 is 11.6 Å². The van der Waals surface area contributed by atoms with Gasteiger partial charge in [0.1, 0.15) is 0 Å². The van der Waals surface area contributed by atoms with E-state index in [9.17, 15) is 4.79 Å². The first kappa shape index (κ1) is 8.94. The normalized spacial score (nSPS) is 20.5. The highest BCUT2D eigenvalue weighted by atomic mass is 16.2. The third kappa shape index (κ3) is 1.66. The molecule has 1 aromatic rings. The molecular weight excluding hydrogens is 176 g/mol. The van der Waals surface area contributed by atoms with Crippen LogP contribution in [0.3, 0.4) is 0 Å². The van der Waals surface area contributed by atoms with E-state index in [0.29, 0.717) is 0 Å². The van der Waals surface area contributed by atoms with Gasteiger partial charge in [0.15, 0.2) is 0 Å². The van der Waals surface area contributed by atoms with E-state index in [1.807, 2.05) is 37.3 Å². The molecule has 0 radical (unpaired) electrons. The molecule has 0 saturated heterocycles. The zero-order valence-electron chi connectivity index (χ0n) is 8.03. The number of nitrogens with one attached hydrogen (secondary N) is 1. The standard InChI is InChI=1S/C11H12N2O/c1-8-10(11(14)13-12-8)7-9-5-3-2-4-6-9/h2-6,10H,7H2,1H3,(H,13,14). The minimum Gasteiger partial charge on any atom is -0.272 e. The Kier molecular flexibility index (Phi) is 2.31. The molecule has 0 bridgehead atoms. The van der Waals surface area contributed by atoms with Gasteiger partial charge in [-0.15, -0.1) is 0 Å². The summed E-state index contributed by atoms with van der Waals surface area (Å²) >= 11 is 0. The Morgan fingerprint density at radius 1 is 1.36 bits per heavy atom. The van der Waals surface area contributed by atoms with Gasteiger partial charge >= 0.3 is 0 Å². The summed E-state index contributed by atoms with van der Waals surface area (Å²) in [5.41, 5.74) is 4.53. The Hall–Kier alpha value is -1.64. The maximum absolute atomic E-state index is 11.4. The van der Waals surface area contributed by atoms with Gasteiger partial charge in [0.05, 0.1) is 5.92 Å². The molecule has 1 aliphatic rings. The van der Waals surface area contributed by atoms with Crippen molar-refractivity contribution in [2.24, 2.45) is 11.0 Å². The number of benzene rings is 1. The molecular formula is C11H12N2O. The van der Waals surface area contributed by atoms with Crippen LogP contribution in [0.2, 0.25) is 0 Å². The molecule has 72 valence electrons. The molecule has 0 spiro atoms. The molecule has 1 atom stereocenters. The van der Waals surface area contributed by atoms with Crippen molar-refractivity contribution in [3.63, 3.8) is 0 Å². The Morgan fingerprint density at radius 2 is 2.07 bits per heavy atom. The second-order valence-electron chi connectivity index (χ2n) is 3.47. The zero-order chi connectivity index (χ0) is 9.97. The Bertz CT molecular complexity index is 370. The Labute approximate surface area is 82.8 Å². The van der Waals surface area contributed by atoms with Crippen molar-refractivity contribution < 1.29 is 4.79 Å². The summed E-state index contributed by atoms with van der Waals surface area (Å²) in [5, 5.41) is 3.91. The fourth-order valence-corrected chi connectivity index (χ4v) is 1.58. The van der Waals surface area contributed by atoms with Crippen LogP contribution in [0.1, 0.15) is 12.5 Å². The topological polar surface area (TPSA) is 41.5 Å². The number of carbonyl (C=O) groups excluding carboxylic acids is 1. The van der Waals surface area contributed by atoms with Crippen molar-refractivity contribution in [1.29, 1.82) is 0 Å². The van der Waals surface area contributed by atoms with Gasteiger partial charge in [-0.05, 0) is 18.9 Å². The quantitative estimate of drug-likeness (QED) is 0.747. The van der Waals surface area contributed by atoms with E-state index in [1.54, 1.807) is 0 Å². The smallest absolute Gasteiger partial charge is 0.249 e. The van der Waals surface area contributed by atoms with Gasteiger partial charge in [0, 0.05) is 5.71 Å². The Morgan fingerprint density at radius 3 is 2.64 bits per heavy atom. The van der Waals surface area contributed by atoms with Crippen LogP contribution in [0.4, 0.5) is 0 Å². The van der Waals surface area contributed by atoms with Gasteiger partial charge in [-0.3, -0.25) is 4.79 Å². The van der Waals surface area contributed by atoms with Crippen LogP contribution in [0.25, 0.3) is 0 Å². The maximum atomic E-state index is 11.4. The number of amides is 1. The number of rotatable bonds is 2. The van der Waals surface area contributed by atoms with Crippen molar-refractivity contribution in [3.05, 3.63) is 35.9 Å². The highest BCUT2D eigenvalue weighted by Gasteiger charge is 2.26. The fraction of sp³-hybridized carbons (Fsp3) is 0.273. The van der Waals surface area contributed by atoms with Crippen LogP contribution in [-0.2, 0) is 11.2 Å². The van der Waals surface area contributed by atoms with E-state index < -0.39 is 0 Å². The van der Waals surface area contributed by atoms with Crippen LogP contribution in [0.15, 0.2) is 35.4 Å². The number of hydrogen-bond donors (Lipinski definition) is 1. The van der Waals surface area contributed by atoms with Crippen LogP contribution in [-0.4, -0.2) is 11.6 Å². The lowest BCUT2D eigenvalue weighted by atomic mass is 9.96. The average molecular weight is 188 g/mol. The summed E-state index contributed by atoms with van der Waals surface area (Å²) in [6.45, 7) is 1.88. The molecule has 2 rings (SSSR count). The highest BCUT2D eigenvalue weighted by molar-refractivity contribution is 6.07. The lowest BCUT2D eigenvalue weighted by molar-refractivity contribution is -0.122. The second kappa shape index (κ2) is 3.62.